The predicted octanol–water partition coefficient (Wildman–Crippen LogP) is 4.89. The molecule has 58 heavy (non-hydrogen) atoms. The van der Waals surface area contributed by atoms with Gasteiger partial charge in [-0.15, -0.1) is 0 Å². The molecule has 0 spiro atoms. The van der Waals surface area contributed by atoms with Gasteiger partial charge >= 0.3 is 0 Å². The van der Waals surface area contributed by atoms with Gasteiger partial charge in [-0.3, -0.25) is 29.1 Å². The maximum absolute atomic E-state index is 14.3. The number of benzene rings is 2. The lowest BCUT2D eigenvalue weighted by molar-refractivity contribution is -0.149. The second kappa shape index (κ2) is 20.1. The van der Waals surface area contributed by atoms with Crippen LogP contribution < -0.4 is 0 Å². The molecule has 4 unspecified atom stereocenters. The van der Waals surface area contributed by atoms with E-state index in [0.717, 1.165) is 46.2 Å². The van der Waals surface area contributed by atoms with E-state index in [1.807, 2.05) is 86.5 Å². The molecule has 2 aromatic heterocycles. The Hall–Kier alpha value is -4.32. The topological polar surface area (TPSA) is 132 Å². The summed E-state index contributed by atoms with van der Waals surface area (Å²) in [7, 11) is 14.4. The highest BCUT2D eigenvalue weighted by atomic mass is 33.1. The molecule has 0 N–H and O–H groups in total. The van der Waals surface area contributed by atoms with Crippen molar-refractivity contribution in [2.24, 2.45) is 0 Å². The zero-order valence-corrected chi connectivity index (χ0v) is 35.8. The van der Waals surface area contributed by atoms with Crippen LogP contribution >= 0.6 is 21.6 Å². The standard InChI is InChI=1S/C42H54N8O6S2/c1-45(2)21-23-47(5)41(53)39(49(27-51)35-13-9-25-55-35)31-15-17-33(37-29(31)11-7-19-43-37)57-58-34-18-16-32(30-12-8-20-44-38(30)34)40(42(54)48(6)24-22-46(3)4)50(28-52)36-14-10-26-56-36/h7-8,11-12,15-20,27-28,35-36,39-40H,9-10,13-14,21-26H2,1-6H3. The first-order valence-corrected chi connectivity index (χ1v) is 21.8. The fourth-order valence-electron chi connectivity index (χ4n) is 7.40. The largest absolute Gasteiger partial charge is 0.358 e. The van der Waals surface area contributed by atoms with Gasteiger partial charge in [0.1, 0.15) is 24.5 Å². The van der Waals surface area contributed by atoms with Gasteiger partial charge in [0.2, 0.25) is 24.6 Å². The van der Waals surface area contributed by atoms with E-state index in [2.05, 4.69) is 0 Å². The highest BCUT2D eigenvalue weighted by molar-refractivity contribution is 8.76. The molecule has 2 saturated heterocycles. The monoisotopic (exact) mass is 830 g/mol. The van der Waals surface area contributed by atoms with E-state index in [1.165, 1.54) is 31.4 Å². The third-order valence-corrected chi connectivity index (χ3v) is 13.1. The van der Waals surface area contributed by atoms with Gasteiger partial charge in [-0.25, -0.2) is 0 Å². The number of nitrogens with zero attached hydrogens (tertiary/aromatic N) is 8. The molecule has 0 radical (unpaired) electrons. The molecule has 4 heterocycles. The Morgan fingerprint density at radius 3 is 1.41 bits per heavy atom. The number of carbonyl (C=O) groups is 4. The van der Waals surface area contributed by atoms with Crippen LogP contribution in [-0.2, 0) is 28.7 Å². The fraction of sp³-hybridized carbons (Fsp3) is 0.476. The minimum atomic E-state index is -0.912. The van der Waals surface area contributed by atoms with E-state index in [1.54, 1.807) is 36.3 Å². The first-order chi connectivity index (χ1) is 28.0. The number of pyridine rings is 2. The molecule has 4 aromatic rings. The molecule has 4 atom stereocenters. The maximum Gasteiger partial charge on any atom is 0.249 e. The van der Waals surface area contributed by atoms with Crippen molar-refractivity contribution in [2.45, 2.75) is 60.0 Å². The Labute approximate surface area is 348 Å². The van der Waals surface area contributed by atoms with Gasteiger partial charge in [0.05, 0.1) is 11.0 Å². The van der Waals surface area contributed by atoms with Crippen molar-refractivity contribution in [3.8, 4) is 0 Å². The van der Waals surface area contributed by atoms with Crippen LogP contribution in [0, 0.1) is 0 Å². The van der Waals surface area contributed by atoms with Crippen LogP contribution in [0.2, 0.25) is 0 Å². The highest BCUT2D eigenvalue weighted by Crippen LogP contribution is 2.45. The maximum atomic E-state index is 14.3. The number of hydrogen-bond acceptors (Lipinski definition) is 12. The average Bonchev–Trinajstić information content (AvgIpc) is 3.98. The Bertz CT molecular complexity index is 1920. The van der Waals surface area contributed by atoms with Crippen molar-refractivity contribution in [1.82, 2.24) is 39.4 Å². The summed E-state index contributed by atoms with van der Waals surface area (Å²) in [5.41, 5.74) is 2.75. The number of likely N-dealkylation sites (N-methyl/N-ethyl adjacent to an activating group) is 4. The van der Waals surface area contributed by atoms with Gasteiger partial charge in [-0.2, -0.15) is 0 Å². The number of carbonyl (C=O) groups excluding carboxylic acids is 4. The Morgan fingerprint density at radius 2 is 1.07 bits per heavy atom. The van der Waals surface area contributed by atoms with E-state index < -0.39 is 24.5 Å². The van der Waals surface area contributed by atoms with E-state index in [0.29, 0.717) is 74.4 Å². The SMILES string of the molecule is CN(C)CCN(C)C(=O)C(c1ccc(SSc2ccc(C(C(=O)N(C)CCN(C)C)N(C=O)C3CCCO3)c3cccnc23)c2ncccc12)N(C=O)C1CCCO1. The van der Waals surface area contributed by atoms with Crippen molar-refractivity contribution >= 4 is 68.0 Å². The summed E-state index contributed by atoms with van der Waals surface area (Å²) in [5, 5.41) is 1.52. The molecule has 4 amide bonds. The first-order valence-electron chi connectivity index (χ1n) is 19.6. The summed E-state index contributed by atoms with van der Waals surface area (Å²) in [4.78, 5) is 75.8. The lowest BCUT2D eigenvalue weighted by Crippen LogP contribution is -2.46. The summed E-state index contributed by atoms with van der Waals surface area (Å²) < 4.78 is 11.9. The van der Waals surface area contributed by atoms with Gasteiger partial charge in [-0.1, -0.05) is 45.9 Å². The van der Waals surface area contributed by atoms with Crippen molar-refractivity contribution in [2.75, 3.05) is 81.7 Å². The molecule has 2 aliphatic heterocycles. The van der Waals surface area contributed by atoms with Gasteiger partial charge in [0.15, 0.2) is 0 Å². The molecule has 14 nitrogen and oxygen atoms in total. The summed E-state index contributed by atoms with van der Waals surface area (Å²) in [6, 6.07) is 13.5. The van der Waals surface area contributed by atoms with Crippen molar-refractivity contribution in [3.63, 3.8) is 0 Å². The third kappa shape index (κ3) is 9.75. The van der Waals surface area contributed by atoms with Crippen molar-refractivity contribution in [3.05, 3.63) is 72.1 Å². The summed E-state index contributed by atoms with van der Waals surface area (Å²) in [6.45, 7) is 3.38. The van der Waals surface area contributed by atoms with Crippen LogP contribution in [-0.4, -0.2) is 158 Å². The van der Waals surface area contributed by atoms with E-state index in [-0.39, 0.29) is 11.8 Å². The molecule has 2 aliphatic rings. The minimum absolute atomic E-state index is 0.199. The number of amides is 4. The fourth-order valence-corrected chi connectivity index (χ4v) is 9.66. The van der Waals surface area contributed by atoms with Crippen molar-refractivity contribution < 1.29 is 28.7 Å². The molecule has 0 saturated carbocycles. The zero-order chi connectivity index (χ0) is 41.3. The van der Waals surface area contributed by atoms with Crippen LogP contribution in [0.15, 0.2) is 70.7 Å². The third-order valence-electron chi connectivity index (χ3n) is 10.6. The minimum Gasteiger partial charge on any atom is -0.358 e. The second-order valence-corrected chi connectivity index (χ2v) is 17.5. The molecule has 0 bridgehead atoms. The molecule has 2 aromatic carbocycles. The molecular weight excluding hydrogens is 777 g/mol. The van der Waals surface area contributed by atoms with Gasteiger partial charge in [0, 0.05) is 86.4 Å². The molecule has 16 heteroatoms. The predicted molar refractivity (Wildman–Crippen MR) is 227 cm³/mol. The van der Waals surface area contributed by atoms with Gasteiger partial charge < -0.3 is 38.9 Å². The number of rotatable bonds is 19. The Kier molecular flexibility index (Phi) is 15.0. The van der Waals surface area contributed by atoms with Crippen LogP contribution in [0.1, 0.15) is 48.9 Å². The van der Waals surface area contributed by atoms with Gasteiger partial charge in [0.25, 0.3) is 0 Å². The van der Waals surface area contributed by atoms with Crippen LogP contribution in [0.3, 0.4) is 0 Å². The zero-order valence-electron chi connectivity index (χ0n) is 34.2. The summed E-state index contributed by atoms with van der Waals surface area (Å²) >= 11 is 0. The van der Waals surface area contributed by atoms with Crippen LogP contribution in [0.25, 0.3) is 21.8 Å². The molecule has 310 valence electrons. The molecule has 2 fully saturated rings. The van der Waals surface area contributed by atoms with E-state index >= 15 is 0 Å². The van der Waals surface area contributed by atoms with Crippen LogP contribution in [0.4, 0.5) is 0 Å². The number of aromatic nitrogens is 2. The molecular formula is C42H54N8O6S2. The normalized spacial score (nSPS) is 17.8. The molecule has 0 aliphatic carbocycles. The first kappa shape index (κ1) is 43.3. The van der Waals surface area contributed by atoms with E-state index in [4.69, 9.17) is 19.4 Å². The average molecular weight is 831 g/mol. The Balaban J connectivity index is 1.35. The smallest absolute Gasteiger partial charge is 0.249 e. The van der Waals surface area contributed by atoms with Gasteiger partial charge in [-0.05, 0) is 89.3 Å². The van der Waals surface area contributed by atoms with Crippen LogP contribution in [0.5, 0.6) is 0 Å². The number of fused-ring (bicyclic) bond motifs is 2. The highest BCUT2D eigenvalue weighted by Gasteiger charge is 2.38. The van der Waals surface area contributed by atoms with E-state index in [9.17, 15) is 19.2 Å². The lowest BCUT2D eigenvalue weighted by Gasteiger charge is -2.35. The summed E-state index contributed by atoms with van der Waals surface area (Å²) in [5.74, 6) is -0.398. The molecule has 6 rings (SSSR count). The quantitative estimate of drug-likeness (QED) is 0.0942. The Morgan fingerprint density at radius 1 is 0.655 bits per heavy atom. The number of ether oxygens (including phenoxy) is 2. The number of hydrogen-bond donors (Lipinski definition) is 0. The second-order valence-electron chi connectivity index (χ2n) is 15.2. The van der Waals surface area contributed by atoms with Crippen molar-refractivity contribution in [1.29, 1.82) is 0 Å². The lowest BCUT2D eigenvalue weighted by atomic mass is 9.98. The summed E-state index contributed by atoms with van der Waals surface area (Å²) in [6.07, 6.45) is 6.81.